The molecule has 240 valence electrons. The average molecular weight is 709 g/mol. The number of carbonyl (C=O) groups excluding carboxylic acids is 1. The van der Waals surface area contributed by atoms with Gasteiger partial charge in [-0.2, -0.15) is 4.98 Å². The Morgan fingerprint density at radius 3 is 2.43 bits per heavy atom. The van der Waals surface area contributed by atoms with Gasteiger partial charge in [-0.15, -0.1) is 0 Å². The lowest BCUT2D eigenvalue weighted by Crippen LogP contribution is -2.37. The summed E-state index contributed by atoms with van der Waals surface area (Å²) in [6, 6.07) is 16.1. The zero-order valence-corrected chi connectivity index (χ0v) is 29.0. The van der Waals surface area contributed by atoms with Crippen LogP contribution in [0.5, 0.6) is 17.5 Å². The number of hydrogen-bond acceptors (Lipinski definition) is 8. The van der Waals surface area contributed by atoms with Gasteiger partial charge in [-0.3, -0.25) is 28.2 Å². The lowest BCUT2D eigenvalue weighted by atomic mass is 10.1. The molecule has 47 heavy (non-hydrogen) atoms. The molecule has 3 heterocycles. The van der Waals surface area contributed by atoms with Gasteiger partial charge in [0.15, 0.2) is 27.0 Å². The minimum Gasteiger partial charge on any atom is -0.493 e. The van der Waals surface area contributed by atoms with Crippen LogP contribution in [-0.2, 0) is 25.4 Å². The summed E-state index contributed by atoms with van der Waals surface area (Å²) >= 11 is 19.4. The van der Waals surface area contributed by atoms with E-state index in [0.717, 1.165) is 21.4 Å². The van der Waals surface area contributed by atoms with E-state index in [1.54, 1.807) is 51.9 Å². The number of ether oxygens (including phenoxy) is 2. The van der Waals surface area contributed by atoms with Crippen LogP contribution in [0.25, 0.3) is 17.2 Å². The van der Waals surface area contributed by atoms with E-state index in [2.05, 4.69) is 4.98 Å². The van der Waals surface area contributed by atoms with Crippen LogP contribution in [0.4, 0.5) is 5.69 Å². The van der Waals surface area contributed by atoms with Crippen molar-refractivity contribution < 1.29 is 14.3 Å². The number of halogens is 2. The van der Waals surface area contributed by atoms with E-state index < -0.39 is 11.2 Å². The molecule has 14 heteroatoms. The Bertz CT molecular complexity index is 2290. The first-order chi connectivity index (χ1) is 22.4. The minimum atomic E-state index is -0.545. The number of fused-ring (bicyclic) bond motifs is 1. The van der Waals surface area contributed by atoms with E-state index in [0.29, 0.717) is 36.1 Å². The smallest absolute Gasteiger partial charge is 0.332 e. The summed E-state index contributed by atoms with van der Waals surface area (Å²) in [5.41, 5.74) is 3.33. The molecule has 10 nitrogen and oxygen atoms in total. The van der Waals surface area contributed by atoms with Crippen LogP contribution < -0.4 is 25.6 Å². The van der Waals surface area contributed by atoms with Crippen molar-refractivity contribution in [1.29, 1.82) is 0 Å². The molecule has 1 amide bonds. The molecule has 3 aromatic carbocycles. The van der Waals surface area contributed by atoms with Gasteiger partial charge in [0.25, 0.3) is 11.5 Å². The molecule has 0 aliphatic carbocycles. The molecule has 0 saturated carbocycles. The summed E-state index contributed by atoms with van der Waals surface area (Å²) in [6.45, 7) is 4.04. The number of anilines is 1. The van der Waals surface area contributed by atoms with Crippen molar-refractivity contribution in [2.75, 3.05) is 12.0 Å². The molecule has 6 rings (SSSR count). The Kier molecular flexibility index (Phi) is 8.79. The molecule has 2 aromatic heterocycles. The van der Waals surface area contributed by atoms with Crippen LogP contribution >= 0.6 is 47.2 Å². The maximum Gasteiger partial charge on any atom is 0.332 e. The maximum atomic E-state index is 13.5. The second-order valence-electron chi connectivity index (χ2n) is 10.9. The standard InChI is InChI=1S/C33H27Cl2N5O5S2/c1-17-6-10-23(18(2)12-17)40-29(41)26(47-33(40)46)14-19-7-11-24(25(13-19)44-5)45-31-36-28-27(30(42)38(4)32(43)37(28)3)39(31)16-20-8-9-21(34)15-22(20)35/h6-15H,16H2,1-5H3. The van der Waals surface area contributed by atoms with Gasteiger partial charge in [0, 0.05) is 24.1 Å². The fourth-order valence-electron chi connectivity index (χ4n) is 5.31. The zero-order chi connectivity index (χ0) is 33.7. The van der Waals surface area contributed by atoms with Crippen molar-refractivity contribution >= 4 is 80.3 Å². The number of aromatic nitrogens is 4. The number of aryl methyl sites for hydroxylation is 3. The Morgan fingerprint density at radius 2 is 1.72 bits per heavy atom. The molecule has 1 aliphatic heterocycles. The molecule has 5 aromatic rings. The number of amides is 1. The average Bonchev–Trinajstić information content (AvgIpc) is 3.52. The number of benzene rings is 3. The molecule has 1 fully saturated rings. The minimum absolute atomic E-state index is 0.0321. The first-order valence-electron chi connectivity index (χ1n) is 14.2. The lowest BCUT2D eigenvalue weighted by molar-refractivity contribution is -0.113. The van der Waals surface area contributed by atoms with Gasteiger partial charge in [-0.05, 0) is 66.9 Å². The molecule has 0 radical (unpaired) electrons. The molecule has 0 bridgehead atoms. The van der Waals surface area contributed by atoms with E-state index in [4.69, 9.17) is 44.9 Å². The Morgan fingerprint density at radius 1 is 0.957 bits per heavy atom. The summed E-state index contributed by atoms with van der Waals surface area (Å²) in [4.78, 5) is 46.1. The van der Waals surface area contributed by atoms with Gasteiger partial charge in [0.1, 0.15) is 0 Å². The van der Waals surface area contributed by atoms with Gasteiger partial charge < -0.3 is 9.47 Å². The Labute approximate surface area is 288 Å². The summed E-state index contributed by atoms with van der Waals surface area (Å²) in [5, 5.41) is 0.846. The van der Waals surface area contributed by atoms with Crippen molar-refractivity contribution in [3.63, 3.8) is 0 Å². The van der Waals surface area contributed by atoms with Crippen LogP contribution in [0, 0.1) is 13.8 Å². The highest BCUT2D eigenvalue weighted by atomic mass is 35.5. The monoisotopic (exact) mass is 707 g/mol. The number of carbonyl (C=O) groups is 1. The van der Waals surface area contributed by atoms with E-state index in [9.17, 15) is 14.4 Å². The highest BCUT2D eigenvalue weighted by molar-refractivity contribution is 8.27. The summed E-state index contributed by atoms with van der Waals surface area (Å²) < 4.78 is 16.2. The first-order valence-corrected chi connectivity index (χ1v) is 16.2. The number of hydrogen-bond donors (Lipinski definition) is 0. The molecule has 0 N–H and O–H groups in total. The predicted octanol–water partition coefficient (Wildman–Crippen LogP) is 6.61. The summed E-state index contributed by atoms with van der Waals surface area (Å²) in [7, 11) is 4.41. The largest absolute Gasteiger partial charge is 0.493 e. The van der Waals surface area contributed by atoms with Crippen LogP contribution in [0.2, 0.25) is 10.0 Å². The fraction of sp³-hybridized carbons (Fsp3) is 0.182. The molecule has 0 spiro atoms. The van der Waals surface area contributed by atoms with E-state index in [1.165, 1.54) is 37.5 Å². The Balaban J connectivity index is 1.38. The highest BCUT2D eigenvalue weighted by Crippen LogP contribution is 2.39. The van der Waals surface area contributed by atoms with E-state index >= 15 is 0 Å². The zero-order valence-electron chi connectivity index (χ0n) is 25.8. The lowest BCUT2D eigenvalue weighted by Gasteiger charge is -2.17. The third-order valence-electron chi connectivity index (χ3n) is 7.73. The number of nitrogens with zero attached hydrogens (tertiary/aromatic N) is 5. The van der Waals surface area contributed by atoms with Gasteiger partial charge >= 0.3 is 11.7 Å². The van der Waals surface area contributed by atoms with Crippen molar-refractivity contribution in [3.05, 3.63) is 113 Å². The van der Waals surface area contributed by atoms with Crippen molar-refractivity contribution in [3.8, 4) is 17.5 Å². The number of thiocarbonyl (C=S) groups is 1. The predicted molar refractivity (Wildman–Crippen MR) is 190 cm³/mol. The molecule has 0 atom stereocenters. The molecular formula is C33H27Cl2N5O5S2. The van der Waals surface area contributed by atoms with Gasteiger partial charge in [-0.1, -0.05) is 77.0 Å². The van der Waals surface area contributed by atoms with Crippen molar-refractivity contribution in [2.45, 2.75) is 20.4 Å². The summed E-state index contributed by atoms with van der Waals surface area (Å²) in [5.74, 6) is 0.412. The third kappa shape index (κ3) is 5.98. The third-order valence-corrected chi connectivity index (χ3v) is 9.62. The van der Waals surface area contributed by atoms with E-state index in [-0.39, 0.29) is 35.4 Å². The fourth-order valence-corrected chi connectivity index (χ4v) is 7.06. The van der Waals surface area contributed by atoms with Crippen LogP contribution in [-0.4, -0.2) is 36.0 Å². The maximum absolute atomic E-state index is 13.5. The van der Waals surface area contributed by atoms with Crippen LogP contribution in [0.15, 0.2) is 69.1 Å². The van der Waals surface area contributed by atoms with Crippen LogP contribution in [0.3, 0.4) is 0 Å². The molecular weight excluding hydrogens is 681 g/mol. The molecule has 1 aliphatic rings. The van der Waals surface area contributed by atoms with Crippen molar-refractivity contribution in [1.82, 2.24) is 18.7 Å². The second-order valence-corrected chi connectivity index (χ2v) is 13.4. The van der Waals surface area contributed by atoms with E-state index in [1.807, 2.05) is 32.0 Å². The topological polar surface area (TPSA) is 101 Å². The normalized spacial score (nSPS) is 14.1. The van der Waals surface area contributed by atoms with Gasteiger partial charge in [-0.25, -0.2) is 4.79 Å². The number of methoxy groups -OCH3 is 1. The summed E-state index contributed by atoms with van der Waals surface area (Å²) in [6.07, 6.45) is 1.74. The van der Waals surface area contributed by atoms with Gasteiger partial charge in [0.05, 0.1) is 24.2 Å². The highest BCUT2D eigenvalue weighted by Gasteiger charge is 2.34. The Hall–Kier alpha value is -4.36. The SMILES string of the molecule is COc1cc(C=C2SC(=S)N(c3ccc(C)cc3C)C2=O)ccc1Oc1nc2c(c(=O)n(C)c(=O)n2C)n1Cc1ccc(Cl)cc1Cl. The van der Waals surface area contributed by atoms with Gasteiger partial charge in [0.2, 0.25) is 0 Å². The molecule has 0 unspecified atom stereocenters. The van der Waals surface area contributed by atoms with Crippen LogP contribution in [0.1, 0.15) is 22.3 Å². The number of imidazole rings is 1. The number of rotatable bonds is 7. The van der Waals surface area contributed by atoms with Crippen molar-refractivity contribution in [2.24, 2.45) is 14.1 Å². The second kappa shape index (κ2) is 12.7. The number of thioether (sulfide) groups is 1. The quantitative estimate of drug-likeness (QED) is 0.138. The first kappa shape index (κ1) is 32.6. The molecule has 1 saturated heterocycles.